The van der Waals surface area contributed by atoms with Gasteiger partial charge in [-0.15, -0.1) is 0 Å². The number of hydrogen-bond acceptors (Lipinski definition) is 6. The molecule has 3 aromatic rings. The Morgan fingerprint density at radius 1 is 1.18 bits per heavy atom. The Kier molecular flexibility index (Phi) is 5.45. The van der Waals surface area contributed by atoms with Crippen LogP contribution in [0.25, 0.3) is 10.2 Å². The number of anilines is 2. The fourth-order valence-corrected chi connectivity index (χ4v) is 4.01. The molecule has 1 aliphatic heterocycles. The average Bonchev–Trinajstić information content (AvgIpc) is 3.10. The number of hydrogen-bond donors (Lipinski definition) is 1. The van der Waals surface area contributed by atoms with Crippen molar-refractivity contribution in [1.29, 1.82) is 0 Å². The highest BCUT2D eigenvalue weighted by Crippen LogP contribution is 2.30. The summed E-state index contributed by atoms with van der Waals surface area (Å²) in [6, 6.07) is 13.4. The summed E-state index contributed by atoms with van der Waals surface area (Å²) in [5.41, 5.74) is 2.57. The Morgan fingerprint density at radius 3 is 2.64 bits per heavy atom. The molecule has 1 saturated heterocycles. The Labute approximate surface area is 168 Å². The van der Waals surface area contributed by atoms with Crippen molar-refractivity contribution in [1.82, 2.24) is 4.98 Å². The summed E-state index contributed by atoms with van der Waals surface area (Å²) in [6.07, 6.45) is 0.116. The largest absolute Gasteiger partial charge is 0.491 e. The third-order valence-electron chi connectivity index (χ3n) is 4.46. The molecular formula is C21H23N3O3S. The zero-order chi connectivity index (χ0) is 19.5. The number of carbonyl (C=O) groups excluding carboxylic acids is 1. The molecule has 2 heterocycles. The predicted molar refractivity (Wildman–Crippen MR) is 113 cm³/mol. The number of benzene rings is 2. The van der Waals surface area contributed by atoms with Crippen LogP contribution in [0.4, 0.5) is 10.8 Å². The van der Waals surface area contributed by atoms with E-state index in [4.69, 9.17) is 9.47 Å². The predicted octanol–water partition coefficient (Wildman–Crippen LogP) is 4.17. The SMILES string of the molecule is CC(C)Oc1ccc2nc(NC(=O)c3ccc(N4CCOCC4)cc3)sc2c1. The monoisotopic (exact) mass is 397 g/mol. The van der Waals surface area contributed by atoms with Crippen molar-refractivity contribution in [3.63, 3.8) is 0 Å². The molecule has 1 fully saturated rings. The second kappa shape index (κ2) is 8.16. The van der Waals surface area contributed by atoms with Gasteiger partial charge < -0.3 is 14.4 Å². The normalized spacial score (nSPS) is 14.5. The van der Waals surface area contributed by atoms with Gasteiger partial charge in [-0.25, -0.2) is 4.98 Å². The number of nitrogens with one attached hydrogen (secondary N) is 1. The van der Waals surface area contributed by atoms with E-state index in [1.54, 1.807) is 0 Å². The van der Waals surface area contributed by atoms with Crippen molar-refractivity contribution in [2.24, 2.45) is 0 Å². The molecule has 1 aromatic heterocycles. The summed E-state index contributed by atoms with van der Waals surface area (Å²) < 4.78 is 12.1. The van der Waals surface area contributed by atoms with Gasteiger partial charge in [0, 0.05) is 24.3 Å². The van der Waals surface area contributed by atoms with Gasteiger partial charge in [-0.1, -0.05) is 11.3 Å². The number of ether oxygens (including phenoxy) is 2. The van der Waals surface area contributed by atoms with Gasteiger partial charge in [0.05, 0.1) is 29.5 Å². The summed E-state index contributed by atoms with van der Waals surface area (Å²) in [6.45, 7) is 7.22. The van der Waals surface area contributed by atoms with Crippen LogP contribution in [0.2, 0.25) is 0 Å². The maximum absolute atomic E-state index is 12.6. The van der Waals surface area contributed by atoms with Crippen LogP contribution in [0, 0.1) is 0 Å². The second-order valence-corrected chi connectivity index (χ2v) is 7.95. The van der Waals surface area contributed by atoms with Gasteiger partial charge in [0.2, 0.25) is 0 Å². The van der Waals surface area contributed by atoms with Gasteiger partial charge in [-0.3, -0.25) is 10.1 Å². The third kappa shape index (κ3) is 4.26. The lowest BCUT2D eigenvalue weighted by molar-refractivity contribution is 0.102. The van der Waals surface area contributed by atoms with Crippen LogP contribution in [-0.2, 0) is 4.74 Å². The summed E-state index contributed by atoms with van der Waals surface area (Å²) in [4.78, 5) is 19.3. The first-order valence-corrected chi connectivity index (χ1v) is 10.2. The highest BCUT2D eigenvalue weighted by Gasteiger charge is 2.14. The molecule has 0 saturated carbocycles. The van der Waals surface area contributed by atoms with Crippen LogP contribution in [0.1, 0.15) is 24.2 Å². The highest BCUT2D eigenvalue weighted by atomic mass is 32.1. The van der Waals surface area contributed by atoms with E-state index >= 15 is 0 Å². The maximum atomic E-state index is 12.6. The summed E-state index contributed by atoms with van der Waals surface area (Å²) in [5.74, 6) is 0.647. The number of morpholine rings is 1. The van der Waals surface area contributed by atoms with Crippen LogP contribution >= 0.6 is 11.3 Å². The smallest absolute Gasteiger partial charge is 0.257 e. The fraction of sp³-hybridized carbons (Fsp3) is 0.333. The molecule has 0 unspecified atom stereocenters. The number of nitrogens with zero attached hydrogens (tertiary/aromatic N) is 2. The van der Waals surface area contributed by atoms with E-state index in [-0.39, 0.29) is 12.0 Å². The van der Waals surface area contributed by atoms with E-state index in [9.17, 15) is 4.79 Å². The molecule has 0 radical (unpaired) electrons. The lowest BCUT2D eigenvalue weighted by atomic mass is 10.2. The topological polar surface area (TPSA) is 63.7 Å². The molecule has 0 bridgehead atoms. The molecule has 146 valence electrons. The Morgan fingerprint density at radius 2 is 1.93 bits per heavy atom. The number of aromatic nitrogens is 1. The maximum Gasteiger partial charge on any atom is 0.257 e. The Balaban J connectivity index is 1.45. The minimum Gasteiger partial charge on any atom is -0.491 e. The summed E-state index contributed by atoms with van der Waals surface area (Å²) in [7, 11) is 0. The van der Waals surface area contributed by atoms with E-state index in [0.29, 0.717) is 10.7 Å². The fourth-order valence-electron chi connectivity index (χ4n) is 3.12. The Hall–Kier alpha value is -2.64. The van der Waals surface area contributed by atoms with Crippen LogP contribution < -0.4 is 15.0 Å². The van der Waals surface area contributed by atoms with Crippen molar-refractivity contribution < 1.29 is 14.3 Å². The number of amides is 1. The van der Waals surface area contributed by atoms with Crippen LogP contribution in [-0.4, -0.2) is 43.3 Å². The van der Waals surface area contributed by atoms with Crippen molar-refractivity contribution in [2.75, 3.05) is 36.5 Å². The molecule has 4 rings (SSSR count). The standard InChI is InChI=1S/C21H23N3O3S/c1-14(2)27-17-7-8-18-19(13-17)28-21(22-18)23-20(25)15-3-5-16(6-4-15)24-9-11-26-12-10-24/h3-8,13-14H,9-12H2,1-2H3,(H,22,23,25). The van der Waals surface area contributed by atoms with E-state index in [1.165, 1.54) is 11.3 Å². The molecule has 6 nitrogen and oxygen atoms in total. The molecule has 2 aromatic carbocycles. The Bertz CT molecular complexity index is 963. The van der Waals surface area contributed by atoms with Crippen molar-refractivity contribution in [2.45, 2.75) is 20.0 Å². The third-order valence-corrected chi connectivity index (χ3v) is 5.39. The van der Waals surface area contributed by atoms with Crippen molar-refractivity contribution >= 4 is 38.3 Å². The van der Waals surface area contributed by atoms with Crippen molar-refractivity contribution in [3.8, 4) is 5.75 Å². The first-order valence-electron chi connectivity index (χ1n) is 9.40. The lowest BCUT2D eigenvalue weighted by Gasteiger charge is -2.28. The van der Waals surface area contributed by atoms with Crippen LogP contribution in [0.3, 0.4) is 0 Å². The number of carbonyl (C=O) groups is 1. The van der Waals surface area contributed by atoms with Crippen LogP contribution in [0.5, 0.6) is 5.75 Å². The quantitative estimate of drug-likeness (QED) is 0.700. The van der Waals surface area contributed by atoms with Gasteiger partial charge in [0.25, 0.3) is 5.91 Å². The summed E-state index contributed by atoms with van der Waals surface area (Å²) in [5, 5.41) is 3.48. The minimum atomic E-state index is -0.161. The molecule has 28 heavy (non-hydrogen) atoms. The molecule has 0 atom stereocenters. The van der Waals surface area contributed by atoms with Gasteiger partial charge in [0.1, 0.15) is 5.75 Å². The van der Waals surface area contributed by atoms with E-state index in [0.717, 1.165) is 48.0 Å². The minimum absolute atomic E-state index is 0.116. The zero-order valence-corrected chi connectivity index (χ0v) is 16.8. The number of thiazole rings is 1. The van der Waals surface area contributed by atoms with Gasteiger partial charge in [0.15, 0.2) is 5.13 Å². The number of rotatable bonds is 5. The molecule has 7 heteroatoms. The molecular weight excluding hydrogens is 374 g/mol. The van der Waals surface area contributed by atoms with Crippen LogP contribution in [0.15, 0.2) is 42.5 Å². The van der Waals surface area contributed by atoms with Gasteiger partial charge in [-0.05, 0) is 56.3 Å². The first-order chi connectivity index (χ1) is 13.6. The number of fused-ring (bicyclic) bond motifs is 1. The van der Waals surface area contributed by atoms with E-state index in [1.807, 2.05) is 56.3 Å². The summed E-state index contributed by atoms with van der Waals surface area (Å²) >= 11 is 1.44. The molecule has 0 spiro atoms. The average molecular weight is 398 g/mol. The van der Waals surface area contributed by atoms with Crippen molar-refractivity contribution in [3.05, 3.63) is 48.0 Å². The zero-order valence-electron chi connectivity index (χ0n) is 16.0. The first kappa shape index (κ1) is 18.7. The lowest BCUT2D eigenvalue weighted by Crippen LogP contribution is -2.36. The van der Waals surface area contributed by atoms with Gasteiger partial charge in [-0.2, -0.15) is 0 Å². The molecule has 1 aliphatic rings. The van der Waals surface area contributed by atoms with E-state index in [2.05, 4.69) is 15.2 Å². The second-order valence-electron chi connectivity index (χ2n) is 6.92. The molecule has 1 N–H and O–H groups in total. The molecule has 1 amide bonds. The molecule has 0 aliphatic carbocycles. The van der Waals surface area contributed by atoms with Gasteiger partial charge >= 0.3 is 0 Å². The van der Waals surface area contributed by atoms with E-state index < -0.39 is 0 Å². The highest BCUT2D eigenvalue weighted by molar-refractivity contribution is 7.22.